The van der Waals surface area contributed by atoms with Crippen LogP contribution in [0.1, 0.15) is 58.9 Å². The number of nitrogens with one attached hydrogen (secondary N) is 1. The van der Waals surface area contributed by atoms with E-state index in [9.17, 15) is 14.7 Å². The van der Waals surface area contributed by atoms with Crippen molar-refractivity contribution < 1.29 is 14.7 Å². The Labute approximate surface area is 187 Å². The molecule has 2 aliphatic carbocycles. The van der Waals surface area contributed by atoms with Gasteiger partial charge in [0.25, 0.3) is 0 Å². The molecule has 2 aliphatic rings. The van der Waals surface area contributed by atoms with E-state index in [0.717, 1.165) is 32.1 Å². The van der Waals surface area contributed by atoms with E-state index in [0.29, 0.717) is 6.54 Å². The first-order chi connectivity index (χ1) is 14.6. The van der Waals surface area contributed by atoms with E-state index in [4.69, 9.17) is 0 Å². The molecule has 5 nitrogen and oxygen atoms in total. The first-order valence-corrected chi connectivity index (χ1v) is 11.9. The van der Waals surface area contributed by atoms with E-state index in [1.165, 1.54) is 5.56 Å². The number of fused-ring (bicyclic) bond motifs is 1. The van der Waals surface area contributed by atoms with Crippen LogP contribution in [-0.2, 0) is 16.0 Å². The molecule has 2 saturated carbocycles. The summed E-state index contributed by atoms with van der Waals surface area (Å²) in [6.07, 6.45) is 4.19. The zero-order valence-corrected chi connectivity index (χ0v) is 19.8. The van der Waals surface area contributed by atoms with Crippen molar-refractivity contribution in [2.45, 2.75) is 71.9 Å². The highest BCUT2D eigenvalue weighted by atomic mass is 16.3. The molecule has 0 unspecified atom stereocenters. The van der Waals surface area contributed by atoms with Crippen molar-refractivity contribution in [2.75, 3.05) is 13.6 Å². The number of hydrogen-bond donors (Lipinski definition) is 2. The smallest absolute Gasteiger partial charge is 0.225 e. The Morgan fingerprint density at radius 2 is 1.87 bits per heavy atom. The van der Waals surface area contributed by atoms with Gasteiger partial charge in [0.15, 0.2) is 0 Å². The molecule has 0 aromatic heterocycles. The Hall–Kier alpha value is -1.88. The molecular weight excluding hydrogens is 388 g/mol. The minimum absolute atomic E-state index is 0.00844. The molecule has 0 bridgehead atoms. The molecule has 2 N–H and O–H groups in total. The summed E-state index contributed by atoms with van der Waals surface area (Å²) in [5.41, 5.74) is 1.30. The fraction of sp³-hybridized carbons (Fsp3) is 0.692. The van der Waals surface area contributed by atoms with Crippen LogP contribution in [-0.4, -0.2) is 47.6 Å². The first kappa shape index (κ1) is 23.8. The molecule has 5 heteroatoms. The predicted molar refractivity (Wildman–Crippen MR) is 123 cm³/mol. The first-order valence-electron chi connectivity index (χ1n) is 11.9. The quantitative estimate of drug-likeness (QED) is 0.727. The maximum atomic E-state index is 13.2. The van der Waals surface area contributed by atoms with Gasteiger partial charge in [-0.15, -0.1) is 0 Å². The summed E-state index contributed by atoms with van der Waals surface area (Å²) in [5.74, 6) is 0.147. The van der Waals surface area contributed by atoms with Crippen LogP contribution in [0.4, 0.5) is 0 Å². The maximum Gasteiger partial charge on any atom is 0.225 e. The van der Waals surface area contributed by atoms with E-state index in [1.807, 2.05) is 37.1 Å². The fourth-order valence-corrected chi connectivity index (χ4v) is 6.34. The van der Waals surface area contributed by atoms with Gasteiger partial charge in [-0.05, 0) is 60.8 Å². The van der Waals surface area contributed by atoms with E-state index < -0.39 is 6.10 Å². The zero-order valence-electron chi connectivity index (χ0n) is 19.8. The second kappa shape index (κ2) is 9.72. The average molecular weight is 429 g/mol. The molecule has 7 atom stereocenters. The molecule has 0 saturated heterocycles. The number of carbonyl (C=O) groups excluding carboxylic acids is 2. The minimum Gasteiger partial charge on any atom is -0.392 e. The lowest BCUT2D eigenvalue weighted by Gasteiger charge is -2.56. The number of likely N-dealkylation sites (N-methyl/N-ethyl adjacent to an activating group) is 1. The van der Waals surface area contributed by atoms with Crippen molar-refractivity contribution in [1.82, 2.24) is 10.2 Å². The van der Waals surface area contributed by atoms with Gasteiger partial charge >= 0.3 is 0 Å². The summed E-state index contributed by atoms with van der Waals surface area (Å²) >= 11 is 0. The number of carbonyl (C=O) groups is 2. The van der Waals surface area contributed by atoms with Crippen LogP contribution in [0.3, 0.4) is 0 Å². The number of rotatable bonds is 6. The third kappa shape index (κ3) is 5.14. The summed E-state index contributed by atoms with van der Waals surface area (Å²) in [6, 6.07) is 10.3. The van der Waals surface area contributed by atoms with Gasteiger partial charge in [-0.3, -0.25) is 9.59 Å². The number of aliphatic hydroxyl groups is 1. The van der Waals surface area contributed by atoms with E-state index in [2.05, 4.69) is 31.3 Å². The predicted octanol–water partition coefficient (Wildman–Crippen LogP) is 3.65. The molecule has 0 radical (unpaired) electrons. The molecule has 31 heavy (non-hydrogen) atoms. The van der Waals surface area contributed by atoms with Crippen LogP contribution >= 0.6 is 0 Å². The second-order valence-electron chi connectivity index (χ2n) is 10.4. The van der Waals surface area contributed by atoms with Gasteiger partial charge in [0.2, 0.25) is 11.8 Å². The fourth-order valence-electron chi connectivity index (χ4n) is 6.34. The SMILES string of the molecule is CC(=O)N[C@H]1CC[C@@]2(C)CC[C@H]([C@H](C)C(=O)N(C)CCc3ccccc3)[C@H](O)[C@H]2[C@H]1C. The summed E-state index contributed by atoms with van der Waals surface area (Å²) in [7, 11) is 1.87. The third-order valence-electron chi connectivity index (χ3n) is 8.26. The average Bonchev–Trinajstić information content (AvgIpc) is 2.74. The zero-order chi connectivity index (χ0) is 22.8. The molecule has 1 aromatic carbocycles. The van der Waals surface area contributed by atoms with Gasteiger partial charge < -0.3 is 15.3 Å². The van der Waals surface area contributed by atoms with Crippen LogP contribution < -0.4 is 5.32 Å². The second-order valence-corrected chi connectivity index (χ2v) is 10.4. The van der Waals surface area contributed by atoms with Crippen molar-refractivity contribution in [3.63, 3.8) is 0 Å². The Bertz CT molecular complexity index is 767. The maximum absolute atomic E-state index is 13.2. The molecule has 1 aromatic rings. The lowest BCUT2D eigenvalue weighted by atomic mass is 9.51. The standard InChI is InChI=1S/C26H40N2O3/c1-17(25(31)28(5)16-13-20-9-7-6-8-10-20)21-11-14-26(4)15-12-22(27-19(3)29)18(2)23(26)24(21)30/h6-10,17-18,21-24,30H,11-16H2,1-5H3,(H,27,29)/t17-,18-,21+,22-,23+,24-,26+/m0/s1. The summed E-state index contributed by atoms with van der Waals surface area (Å²) < 4.78 is 0. The molecule has 0 aliphatic heterocycles. The summed E-state index contributed by atoms with van der Waals surface area (Å²) in [6.45, 7) is 8.67. The van der Waals surface area contributed by atoms with Gasteiger partial charge in [-0.25, -0.2) is 0 Å². The highest BCUT2D eigenvalue weighted by Crippen LogP contribution is 2.55. The minimum atomic E-state index is -0.521. The van der Waals surface area contributed by atoms with Gasteiger partial charge in [0, 0.05) is 32.5 Å². The van der Waals surface area contributed by atoms with Crippen LogP contribution in [0, 0.1) is 29.1 Å². The van der Waals surface area contributed by atoms with Gasteiger partial charge in [0.05, 0.1) is 6.10 Å². The topological polar surface area (TPSA) is 69.6 Å². The van der Waals surface area contributed by atoms with Gasteiger partial charge in [0.1, 0.15) is 0 Å². The molecule has 2 amide bonds. The van der Waals surface area contributed by atoms with E-state index in [1.54, 1.807) is 6.92 Å². The third-order valence-corrected chi connectivity index (χ3v) is 8.26. The van der Waals surface area contributed by atoms with E-state index >= 15 is 0 Å². The Kier molecular flexibility index (Phi) is 7.46. The van der Waals surface area contributed by atoms with Crippen LogP contribution in [0.2, 0.25) is 0 Å². The summed E-state index contributed by atoms with van der Waals surface area (Å²) in [5, 5.41) is 14.6. The molecular formula is C26H40N2O3. The number of amides is 2. The number of nitrogens with zero attached hydrogens (tertiary/aromatic N) is 1. The largest absolute Gasteiger partial charge is 0.392 e. The van der Waals surface area contributed by atoms with Gasteiger partial charge in [-0.1, -0.05) is 51.1 Å². The monoisotopic (exact) mass is 428 g/mol. The van der Waals surface area contributed by atoms with Crippen molar-refractivity contribution in [3.05, 3.63) is 35.9 Å². The molecule has 0 spiro atoms. The highest BCUT2D eigenvalue weighted by Gasteiger charge is 2.53. The molecule has 172 valence electrons. The molecule has 2 fully saturated rings. The Morgan fingerprint density at radius 1 is 1.23 bits per heavy atom. The normalized spacial score (nSPS) is 33.8. The van der Waals surface area contributed by atoms with Crippen LogP contribution in [0.5, 0.6) is 0 Å². The number of benzene rings is 1. The van der Waals surface area contributed by atoms with E-state index in [-0.39, 0.29) is 46.9 Å². The van der Waals surface area contributed by atoms with Crippen molar-refractivity contribution in [3.8, 4) is 0 Å². The van der Waals surface area contributed by atoms with Crippen molar-refractivity contribution in [1.29, 1.82) is 0 Å². The van der Waals surface area contributed by atoms with Crippen molar-refractivity contribution in [2.24, 2.45) is 29.1 Å². The van der Waals surface area contributed by atoms with Crippen molar-refractivity contribution >= 4 is 11.8 Å². The highest BCUT2D eigenvalue weighted by molar-refractivity contribution is 5.78. The van der Waals surface area contributed by atoms with Crippen LogP contribution in [0.15, 0.2) is 30.3 Å². The lowest BCUT2D eigenvalue weighted by Crippen LogP contribution is -2.58. The molecule has 0 heterocycles. The van der Waals surface area contributed by atoms with Crippen LogP contribution in [0.25, 0.3) is 0 Å². The lowest BCUT2D eigenvalue weighted by molar-refractivity contribution is -0.149. The Morgan fingerprint density at radius 3 is 2.52 bits per heavy atom. The van der Waals surface area contributed by atoms with Gasteiger partial charge in [-0.2, -0.15) is 0 Å². The molecule has 3 rings (SSSR count). The summed E-state index contributed by atoms with van der Waals surface area (Å²) in [4.78, 5) is 26.7. The Balaban J connectivity index is 1.66. The number of aliphatic hydroxyl groups excluding tert-OH is 1. The number of hydrogen-bond acceptors (Lipinski definition) is 3.